The number of aryl methyl sites for hydroxylation is 3. The van der Waals surface area contributed by atoms with E-state index in [9.17, 15) is 29.7 Å². The summed E-state index contributed by atoms with van der Waals surface area (Å²) in [5.74, 6) is 0. The van der Waals surface area contributed by atoms with Gasteiger partial charge in [-0.3, -0.25) is 38.5 Å². The van der Waals surface area contributed by atoms with Crippen molar-refractivity contribution in [2.45, 2.75) is 267 Å². The SMILES string of the molecule is COC1C[C@@]2(O)CC[C@@H](O[Si](C)(C)C(C)(C)C)[C@H]2O1.Cc1c[nH]c(=S)[nH]c1=O.Cc1cn(C2C[C@@]3(O)CC[C@@H](O[Si](C)(C)C(C)(C)C)[C@H]3O2)c(=S)[nH]c1=O.Cc1cn([C@H]2C[C@@]3(O)CC[C@@H](O[Si](C)(C)C(C)(C)C)[C@H]3O2)c(=S)[nH]c1=O. The molecule has 0 amide bonds. The van der Waals surface area contributed by atoms with Crippen LogP contribution >= 0.6 is 36.7 Å². The first-order valence-electron chi connectivity index (χ1n) is 28.1. The Morgan fingerprint density at radius 2 is 0.875 bits per heavy atom. The number of H-pyrrole nitrogens is 4. The highest BCUT2D eigenvalue weighted by Crippen LogP contribution is 2.52. The number of nitrogens with one attached hydrogen (secondary N) is 4. The summed E-state index contributed by atoms with van der Waals surface area (Å²) >= 11 is 15.2. The molecular formula is C55H94N6O13S3Si3. The third-order valence-corrected chi connectivity index (χ3v) is 33.0. The summed E-state index contributed by atoms with van der Waals surface area (Å²) < 4.78 is 47.6. The molecule has 452 valence electrons. The Morgan fingerprint density at radius 1 is 0.550 bits per heavy atom. The molecule has 6 fully saturated rings. The maximum Gasteiger partial charge on any atom is 0.254 e. The summed E-state index contributed by atoms with van der Waals surface area (Å²) in [5.41, 5.74) is -1.30. The number of aromatic amines is 4. The molecule has 3 saturated carbocycles. The fourth-order valence-corrected chi connectivity index (χ4v) is 15.2. The number of methoxy groups -OCH3 is 1. The van der Waals surface area contributed by atoms with Gasteiger partial charge in [0.2, 0.25) is 0 Å². The molecule has 0 bridgehead atoms. The van der Waals surface area contributed by atoms with E-state index in [1.807, 2.05) is 0 Å². The largest absolute Gasteiger partial charge is 0.411 e. The summed E-state index contributed by atoms with van der Waals surface area (Å²) in [7, 11) is -4.12. The Hall–Kier alpha value is -2.45. The molecule has 80 heavy (non-hydrogen) atoms. The highest BCUT2D eigenvalue weighted by Gasteiger charge is 2.60. The van der Waals surface area contributed by atoms with Crippen LogP contribution in [0.3, 0.4) is 0 Å². The van der Waals surface area contributed by atoms with Crippen molar-refractivity contribution in [3.63, 3.8) is 0 Å². The first kappa shape index (κ1) is 66.7. The fourth-order valence-electron chi connectivity index (χ4n) is 10.5. The van der Waals surface area contributed by atoms with Crippen LogP contribution in [0.4, 0.5) is 0 Å². The van der Waals surface area contributed by atoms with E-state index in [1.54, 1.807) is 55.6 Å². The molecule has 3 aromatic heterocycles. The maximum atomic E-state index is 11.7. The second-order valence-electron chi connectivity index (χ2n) is 27.7. The minimum absolute atomic E-state index is 0.00559. The van der Waals surface area contributed by atoms with Gasteiger partial charge in [-0.2, -0.15) is 0 Å². The van der Waals surface area contributed by atoms with E-state index in [-0.39, 0.29) is 87.2 Å². The zero-order valence-electron chi connectivity index (χ0n) is 50.8. The lowest BCUT2D eigenvalue weighted by atomic mass is 9.97. The van der Waals surface area contributed by atoms with Crippen LogP contribution in [-0.4, -0.2) is 136 Å². The smallest absolute Gasteiger partial charge is 0.254 e. The van der Waals surface area contributed by atoms with Crippen molar-refractivity contribution in [3.05, 3.63) is 80.7 Å². The second-order valence-corrected chi connectivity index (χ2v) is 43.2. The molecule has 3 aliphatic heterocycles. The van der Waals surface area contributed by atoms with Gasteiger partial charge in [0, 0.05) is 61.7 Å². The molecule has 3 aliphatic carbocycles. The van der Waals surface area contributed by atoms with E-state index in [1.165, 1.54) is 0 Å². The molecule has 6 heterocycles. The molecule has 0 aromatic carbocycles. The second kappa shape index (κ2) is 24.1. The van der Waals surface area contributed by atoms with E-state index in [2.05, 4.69) is 134 Å². The van der Waals surface area contributed by atoms with Crippen molar-refractivity contribution in [3.8, 4) is 0 Å². The summed E-state index contributed by atoms with van der Waals surface area (Å²) in [5, 5.41) is 33.3. The third kappa shape index (κ3) is 14.6. The monoisotopic (exact) mass is 1230 g/mol. The van der Waals surface area contributed by atoms with Crippen LogP contribution < -0.4 is 16.7 Å². The van der Waals surface area contributed by atoms with Crippen molar-refractivity contribution < 1.29 is 47.5 Å². The van der Waals surface area contributed by atoms with Crippen molar-refractivity contribution in [2.24, 2.45) is 0 Å². The molecule has 12 atom stereocenters. The van der Waals surface area contributed by atoms with Crippen LogP contribution in [0.5, 0.6) is 0 Å². The zero-order valence-corrected chi connectivity index (χ0v) is 56.3. The standard InChI is InChI=1S/2C18H30N2O4SSi.C14H28O4Si.C5H6N2OS/c2*1-11-10-20(16(25)19-15(11)21)13-9-18(22)8-7-12(14(18)23-13)24-26(5,6)17(2,3)4;1-13(2,3)19(5,6)18-10-7-8-14(15)9-11(16-4)17-12(10)14;1-3-2-6-5(9)7-4(3)8/h2*10,12-14,22H,7-9H2,1-6H3,(H,19,21,25);10-12,15H,7-9H2,1-6H3;2H,1H3,(H2,6,7,8,9)/t12-,13?,14-,18+;12-,13-,14-,18+;10-,11?,12-,14+;/m111./s1. The highest BCUT2D eigenvalue weighted by molar-refractivity contribution is 7.71. The van der Waals surface area contributed by atoms with Crippen LogP contribution in [0.15, 0.2) is 33.0 Å². The van der Waals surface area contributed by atoms with E-state index in [0.29, 0.717) is 63.1 Å². The van der Waals surface area contributed by atoms with Crippen molar-refractivity contribution in [2.75, 3.05) is 7.11 Å². The van der Waals surface area contributed by atoms with Crippen LogP contribution in [0, 0.1) is 35.1 Å². The average molecular weight is 1230 g/mol. The number of rotatable bonds is 9. The Kier molecular flexibility index (Phi) is 20.1. The van der Waals surface area contributed by atoms with Gasteiger partial charge in [-0.1, -0.05) is 62.3 Å². The van der Waals surface area contributed by atoms with Gasteiger partial charge in [-0.25, -0.2) is 0 Å². The van der Waals surface area contributed by atoms with Crippen LogP contribution in [0.1, 0.15) is 149 Å². The predicted octanol–water partition coefficient (Wildman–Crippen LogP) is 10.2. The van der Waals surface area contributed by atoms with Gasteiger partial charge in [0.25, 0.3) is 16.7 Å². The molecule has 9 rings (SSSR count). The third-order valence-electron chi connectivity index (χ3n) is 18.6. The number of hydrogen-bond acceptors (Lipinski definition) is 16. The molecule has 0 radical (unpaired) electrons. The quantitative estimate of drug-likeness (QED) is 0.0777. The van der Waals surface area contributed by atoms with Gasteiger partial charge in [0.1, 0.15) is 30.8 Å². The Bertz CT molecular complexity index is 2920. The number of aromatic nitrogens is 6. The molecule has 2 unspecified atom stereocenters. The zero-order chi connectivity index (χ0) is 60.3. The van der Waals surface area contributed by atoms with E-state index >= 15 is 0 Å². The van der Waals surface area contributed by atoms with Gasteiger partial charge in [-0.15, -0.1) is 0 Å². The number of aliphatic hydroxyl groups is 3. The first-order valence-corrected chi connectivity index (χ1v) is 38.0. The van der Waals surface area contributed by atoms with Crippen molar-refractivity contribution in [1.29, 1.82) is 0 Å². The summed E-state index contributed by atoms with van der Waals surface area (Å²) in [6.07, 6.45) is 8.77. The summed E-state index contributed by atoms with van der Waals surface area (Å²) in [6.45, 7) is 38.5. The van der Waals surface area contributed by atoms with Crippen molar-refractivity contribution >= 4 is 61.6 Å². The minimum atomic E-state index is -1.96. The van der Waals surface area contributed by atoms with Gasteiger partial charge < -0.3 is 52.5 Å². The Labute approximate surface area is 490 Å². The molecule has 19 nitrogen and oxygen atoms in total. The normalized spacial score (nSPS) is 31.3. The lowest BCUT2D eigenvalue weighted by Crippen LogP contribution is -2.48. The molecule has 7 N–H and O–H groups in total. The van der Waals surface area contributed by atoms with E-state index in [0.717, 1.165) is 25.7 Å². The fraction of sp³-hybridized carbons (Fsp3) is 0.782. The summed E-state index contributed by atoms with van der Waals surface area (Å²) in [6, 6.07) is 0. The van der Waals surface area contributed by atoms with Crippen LogP contribution in [-0.2, 0) is 32.2 Å². The van der Waals surface area contributed by atoms with Crippen LogP contribution in [0.25, 0.3) is 0 Å². The summed E-state index contributed by atoms with van der Waals surface area (Å²) in [4.78, 5) is 44.6. The molecule has 6 aliphatic rings. The Balaban J connectivity index is 0.000000181. The van der Waals surface area contributed by atoms with Crippen molar-refractivity contribution in [1.82, 2.24) is 29.1 Å². The topological polar surface area (TPSA) is 250 Å². The number of nitrogens with zero attached hydrogens (tertiary/aromatic N) is 2. The van der Waals surface area contributed by atoms with Gasteiger partial charge in [0.15, 0.2) is 45.6 Å². The Morgan fingerprint density at radius 3 is 1.19 bits per heavy atom. The lowest BCUT2D eigenvalue weighted by Gasteiger charge is -2.40. The molecule has 0 spiro atoms. The average Bonchev–Trinajstić information content (AvgIpc) is 4.14. The minimum Gasteiger partial charge on any atom is -0.411 e. The van der Waals surface area contributed by atoms with E-state index in [4.69, 9.17) is 56.7 Å². The number of ether oxygens (including phenoxy) is 4. The number of hydrogen-bond donors (Lipinski definition) is 7. The molecule has 3 saturated heterocycles. The van der Waals surface area contributed by atoms with Crippen LogP contribution in [0.2, 0.25) is 54.4 Å². The van der Waals surface area contributed by atoms with Gasteiger partial charge in [-0.05, 0) is 150 Å². The molecule has 3 aromatic rings. The number of fused-ring (bicyclic) bond motifs is 3. The molecule has 25 heteroatoms. The maximum absolute atomic E-state index is 11.7. The molecular weight excluding hydrogens is 1130 g/mol. The first-order chi connectivity index (χ1) is 36.5. The van der Waals surface area contributed by atoms with E-state index < -0.39 is 41.8 Å². The van der Waals surface area contributed by atoms with Gasteiger partial charge >= 0.3 is 0 Å². The lowest BCUT2D eigenvalue weighted by molar-refractivity contribution is -0.140. The van der Waals surface area contributed by atoms with Gasteiger partial charge in [0.05, 0.1) is 35.1 Å². The highest BCUT2D eigenvalue weighted by atomic mass is 32.1. The predicted molar refractivity (Wildman–Crippen MR) is 324 cm³/mol.